The number of hydrogen-bond acceptors (Lipinski definition) is 6. The number of benzene rings is 1. The van der Waals surface area contributed by atoms with Gasteiger partial charge in [0.05, 0.1) is 11.5 Å². The first-order chi connectivity index (χ1) is 15.9. The molecule has 2 unspecified atom stereocenters. The van der Waals surface area contributed by atoms with Crippen LogP contribution in [0, 0.1) is 5.92 Å². The normalized spacial score (nSPS) is 21.0. The molecule has 1 aliphatic heterocycles. The number of rotatable bonds is 5. The van der Waals surface area contributed by atoms with Gasteiger partial charge >= 0.3 is 6.18 Å². The molecular weight excluding hydrogens is 493 g/mol. The zero-order chi connectivity index (χ0) is 24.7. The van der Waals surface area contributed by atoms with E-state index in [1.54, 1.807) is 0 Å². The standard InChI is InChI=1S/C22H24ClF3N4O3S/c1-30(20(31)13-4-6-34(32,33)7-5-13)19(22(24,25)26)16-11-27-21(28-12-16)29-18-9-14-2-3-17(23)8-15(14)10-18/h2-3,8,11-13,18-19H,4-7,9-10H2,1H3,(H,27,28,29). The minimum absolute atomic E-state index is 0.00967. The van der Waals surface area contributed by atoms with Crippen molar-refractivity contribution in [1.29, 1.82) is 0 Å². The van der Waals surface area contributed by atoms with E-state index in [9.17, 15) is 26.4 Å². The monoisotopic (exact) mass is 516 g/mol. The summed E-state index contributed by atoms with van der Waals surface area (Å²) in [5, 5.41) is 3.78. The van der Waals surface area contributed by atoms with Gasteiger partial charge in [0.1, 0.15) is 9.84 Å². The molecule has 2 aromatic rings. The third-order valence-corrected chi connectivity index (χ3v) is 8.32. The highest BCUT2D eigenvalue weighted by molar-refractivity contribution is 7.91. The molecule has 0 bridgehead atoms. The fourth-order valence-electron chi connectivity index (χ4n) is 4.61. The van der Waals surface area contributed by atoms with Gasteiger partial charge in [-0.1, -0.05) is 17.7 Å². The number of anilines is 1. The molecule has 0 spiro atoms. The van der Waals surface area contributed by atoms with Crippen molar-refractivity contribution in [3.63, 3.8) is 0 Å². The summed E-state index contributed by atoms with van der Waals surface area (Å²) in [6, 6.07) is 3.42. The van der Waals surface area contributed by atoms with Gasteiger partial charge in [-0.3, -0.25) is 4.79 Å². The Labute approximate surface area is 200 Å². The molecule has 1 N–H and O–H groups in total. The highest BCUT2D eigenvalue weighted by Gasteiger charge is 2.47. The summed E-state index contributed by atoms with van der Waals surface area (Å²) >= 11 is 6.03. The van der Waals surface area contributed by atoms with Crippen LogP contribution >= 0.6 is 11.6 Å². The van der Waals surface area contributed by atoms with Gasteiger partial charge in [-0.05, 0) is 48.9 Å². The van der Waals surface area contributed by atoms with Crippen LogP contribution in [-0.4, -0.2) is 60.0 Å². The van der Waals surface area contributed by atoms with Crippen LogP contribution in [-0.2, 0) is 27.5 Å². The van der Waals surface area contributed by atoms with Gasteiger partial charge < -0.3 is 10.2 Å². The fraction of sp³-hybridized carbons (Fsp3) is 0.500. The molecule has 4 rings (SSSR count). The summed E-state index contributed by atoms with van der Waals surface area (Å²) in [4.78, 5) is 21.5. The molecule has 1 saturated heterocycles. The lowest BCUT2D eigenvalue weighted by Crippen LogP contribution is -2.44. The largest absolute Gasteiger partial charge is 0.413 e. The predicted octanol–water partition coefficient (Wildman–Crippen LogP) is 3.60. The van der Waals surface area contributed by atoms with E-state index in [2.05, 4.69) is 15.3 Å². The quantitative estimate of drug-likeness (QED) is 0.653. The number of alkyl halides is 3. The molecule has 184 valence electrons. The maximum Gasteiger partial charge on any atom is 0.413 e. The van der Waals surface area contributed by atoms with Crippen LogP contribution in [0.2, 0.25) is 5.02 Å². The number of aromatic nitrogens is 2. The number of carbonyl (C=O) groups excluding carboxylic acids is 1. The van der Waals surface area contributed by atoms with Gasteiger partial charge in [0, 0.05) is 42.0 Å². The first-order valence-electron chi connectivity index (χ1n) is 10.8. The number of halogens is 4. The second-order valence-corrected chi connectivity index (χ2v) is 11.6. The van der Waals surface area contributed by atoms with Crippen molar-refractivity contribution in [2.45, 2.75) is 43.9 Å². The average Bonchev–Trinajstić information content (AvgIpc) is 3.15. The molecule has 1 aromatic heterocycles. The van der Waals surface area contributed by atoms with Crippen LogP contribution in [0.25, 0.3) is 0 Å². The molecule has 7 nitrogen and oxygen atoms in total. The molecule has 12 heteroatoms. The van der Waals surface area contributed by atoms with Crippen molar-refractivity contribution >= 4 is 33.3 Å². The second kappa shape index (κ2) is 9.33. The van der Waals surface area contributed by atoms with E-state index >= 15 is 0 Å². The Balaban J connectivity index is 1.45. The Morgan fingerprint density at radius 2 is 1.76 bits per heavy atom. The predicted molar refractivity (Wildman–Crippen MR) is 121 cm³/mol. The third kappa shape index (κ3) is 5.46. The summed E-state index contributed by atoms with van der Waals surface area (Å²) in [5.41, 5.74) is 1.99. The minimum atomic E-state index is -4.75. The van der Waals surface area contributed by atoms with E-state index in [-0.39, 0.29) is 41.9 Å². The molecule has 1 aromatic carbocycles. The van der Waals surface area contributed by atoms with Crippen LogP contribution in [0.4, 0.5) is 19.1 Å². The van der Waals surface area contributed by atoms with Crippen LogP contribution < -0.4 is 5.32 Å². The van der Waals surface area contributed by atoms with E-state index in [1.807, 2.05) is 18.2 Å². The molecule has 1 fully saturated rings. The lowest BCUT2D eigenvalue weighted by molar-refractivity contribution is -0.190. The number of sulfone groups is 1. The van der Waals surface area contributed by atoms with Gasteiger partial charge in [-0.15, -0.1) is 0 Å². The van der Waals surface area contributed by atoms with Gasteiger partial charge in [-0.25, -0.2) is 18.4 Å². The number of nitrogens with zero attached hydrogens (tertiary/aromatic N) is 3. The number of nitrogens with one attached hydrogen (secondary N) is 1. The second-order valence-electron chi connectivity index (χ2n) is 8.82. The Bertz CT molecular complexity index is 1160. The van der Waals surface area contributed by atoms with Gasteiger partial charge in [0.15, 0.2) is 6.04 Å². The van der Waals surface area contributed by atoms with Gasteiger partial charge in [0.2, 0.25) is 11.9 Å². The molecule has 2 heterocycles. The van der Waals surface area contributed by atoms with Crippen LogP contribution in [0.15, 0.2) is 30.6 Å². The summed E-state index contributed by atoms with van der Waals surface area (Å²) in [6.45, 7) is 0. The Hall–Kier alpha value is -2.40. The first-order valence-corrected chi connectivity index (χ1v) is 13.0. The molecule has 0 radical (unpaired) electrons. The van der Waals surface area contributed by atoms with Crippen molar-refractivity contribution in [3.05, 3.63) is 52.3 Å². The molecular formula is C22H24ClF3N4O3S. The number of amides is 1. The first kappa shape index (κ1) is 24.7. The lowest BCUT2D eigenvalue weighted by Gasteiger charge is -2.33. The fourth-order valence-corrected chi connectivity index (χ4v) is 6.30. The highest BCUT2D eigenvalue weighted by Crippen LogP contribution is 2.38. The SMILES string of the molecule is CN(C(=O)C1CCS(=O)(=O)CC1)C(c1cnc(NC2Cc3ccc(Cl)cc3C2)nc1)C(F)(F)F. The average molecular weight is 517 g/mol. The van der Waals surface area contributed by atoms with Crippen molar-refractivity contribution in [3.8, 4) is 0 Å². The van der Waals surface area contributed by atoms with Crippen molar-refractivity contribution in [2.24, 2.45) is 5.92 Å². The van der Waals surface area contributed by atoms with E-state index < -0.39 is 33.9 Å². The van der Waals surface area contributed by atoms with Gasteiger partial charge in [-0.2, -0.15) is 13.2 Å². The highest BCUT2D eigenvalue weighted by atomic mass is 35.5. The van der Waals surface area contributed by atoms with Crippen LogP contribution in [0.3, 0.4) is 0 Å². The zero-order valence-corrected chi connectivity index (χ0v) is 19.9. The maximum atomic E-state index is 13.9. The number of hydrogen-bond donors (Lipinski definition) is 1. The number of fused-ring (bicyclic) bond motifs is 1. The van der Waals surface area contributed by atoms with E-state index in [1.165, 1.54) is 0 Å². The lowest BCUT2D eigenvalue weighted by atomic mass is 9.99. The van der Waals surface area contributed by atoms with Crippen LogP contribution in [0.1, 0.15) is 35.6 Å². The van der Waals surface area contributed by atoms with Crippen LogP contribution in [0.5, 0.6) is 0 Å². The Morgan fingerprint density at radius 1 is 1.15 bits per heavy atom. The summed E-state index contributed by atoms with van der Waals surface area (Å²) in [6.07, 6.45) is -1.16. The van der Waals surface area contributed by atoms with E-state index in [0.717, 1.165) is 37.0 Å². The topological polar surface area (TPSA) is 92.3 Å². The van der Waals surface area contributed by atoms with E-state index in [0.29, 0.717) is 16.3 Å². The van der Waals surface area contributed by atoms with Gasteiger partial charge in [0.25, 0.3) is 0 Å². The molecule has 2 aliphatic rings. The maximum absolute atomic E-state index is 13.9. The van der Waals surface area contributed by atoms with E-state index in [4.69, 9.17) is 11.6 Å². The Morgan fingerprint density at radius 3 is 2.38 bits per heavy atom. The molecule has 1 amide bonds. The number of carbonyl (C=O) groups is 1. The van der Waals surface area contributed by atoms with Crippen molar-refractivity contribution in [2.75, 3.05) is 23.9 Å². The molecule has 1 aliphatic carbocycles. The summed E-state index contributed by atoms with van der Waals surface area (Å²) in [7, 11) is -2.16. The smallest absolute Gasteiger partial charge is 0.351 e. The molecule has 34 heavy (non-hydrogen) atoms. The Kier molecular flexibility index (Phi) is 6.78. The molecule has 0 saturated carbocycles. The van der Waals surface area contributed by atoms with Crippen molar-refractivity contribution in [1.82, 2.24) is 14.9 Å². The summed E-state index contributed by atoms with van der Waals surface area (Å²) in [5.74, 6) is -1.71. The summed E-state index contributed by atoms with van der Waals surface area (Å²) < 4.78 is 65.1. The zero-order valence-electron chi connectivity index (χ0n) is 18.3. The van der Waals surface area contributed by atoms with Crippen molar-refractivity contribution < 1.29 is 26.4 Å². The molecule has 2 atom stereocenters. The minimum Gasteiger partial charge on any atom is -0.351 e. The third-order valence-electron chi connectivity index (χ3n) is 6.37.